The fourth-order valence-corrected chi connectivity index (χ4v) is 5.52. The highest BCUT2D eigenvalue weighted by molar-refractivity contribution is 6.33. The molecule has 1 aromatic carbocycles. The highest BCUT2D eigenvalue weighted by Gasteiger charge is 2.48. The van der Waals surface area contributed by atoms with Gasteiger partial charge in [-0.1, -0.05) is 11.6 Å². The second-order valence-electron chi connectivity index (χ2n) is 10.0. The number of halogens is 4. The molecular weight excluding hydrogens is 499 g/mol. The van der Waals surface area contributed by atoms with Gasteiger partial charge >= 0.3 is 0 Å². The van der Waals surface area contributed by atoms with E-state index in [0.29, 0.717) is 35.6 Å². The van der Waals surface area contributed by atoms with E-state index in [4.69, 9.17) is 21.1 Å². The van der Waals surface area contributed by atoms with E-state index >= 15 is 4.39 Å². The van der Waals surface area contributed by atoms with Gasteiger partial charge < -0.3 is 24.5 Å². The van der Waals surface area contributed by atoms with Crippen LogP contribution in [0.15, 0.2) is 18.3 Å². The Kier molecular flexibility index (Phi) is 5.67. The van der Waals surface area contributed by atoms with Crippen LogP contribution in [0.25, 0.3) is 22.3 Å². The van der Waals surface area contributed by atoms with Gasteiger partial charge in [0, 0.05) is 30.4 Å². The largest absolute Gasteiger partial charge is 0.386 e. The van der Waals surface area contributed by atoms with Crippen LogP contribution in [0.4, 0.5) is 19.1 Å². The van der Waals surface area contributed by atoms with Crippen LogP contribution < -0.4 is 5.32 Å². The zero-order valence-corrected chi connectivity index (χ0v) is 20.3. The van der Waals surface area contributed by atoms with Crippen molar-refractivity contribution in [3.05, 3.63) is 35.0 Å². The molecule has 36 heavy (non-hydrogen) atoms. The van der Waals surface area contributed by atoms with Gasteiger partial charge in [-0.25, -0.2) is 28.1 Å². The molecule has 12 heteroatoms. The minimum absolute atomic E-state index is 0.125. The van der Waals surface area contributed by atoms with E-state index in [9.17, 15) is 13.9 Å². The lowest BCUT2D eigenvalue weighted by Gasteiger charge is -2.35. The summed E-state index contributed by atoms with van der Waals surface area (Å²) in [4.78, 5) is 13.2. The molecule has 0 radical (unpaired) electrons. The van der Waals surface area contributed by atoms with Crippen LogP contribution in [0.1, 0.15) is 50.9 Å². The summed E-state index contributed by atoms with van der Waals surface area (Å²) in [7, 11) is 0. The quantitative estimate of drug-likeness (QED) is 0.502. The Hall–Kier alpha value is -2.47. The average Bonchev–Trinajstić information content (AvgIpc) is 3.39. The third-order valence-corrected chi connectivity index (χ3v) is 7.34. The first kappa shape index (κ1) is 23.9. The Morgan fingerprint density at radius 3 is 2.75 bits per heavy atom. The maximum atomic E-state index is 15.3. The fourth-order valence-electron chi connectivity index (χ4n) is 5.32. The summed E-state index contributed by atoms with van der Waals surface area (Å²) in [6, 6.07) is 2.49. The van der Waals surface area contributed by atoms with Gasteiger partial charge in [-0.15, -0.1) is 0 Å². The first-order valence-electron chi connectivity index (χ1n) is 11.9. The molecule has 192 valence electrons. The Bertz CT molecular complexity index is 1330. The molecule has 2 saturated heterocycles. The molecule has 8 nitrogen and oxygen atoms in total. The maximum absolute atomic E-state index is 15.3. The molecule has 3 aromatic rings. The third kappa shape index (κ3) is 4.02. The molecule has 0 spiro atoms. The summed E-state index contributed by atoms with van der Waals surface area (Å²) in [5, 5.41) is 13.8. The number of nitrogens with one attached hydrogen (secondary N) is 1. The van der Waals surface area contributed by atoms with Crippen molar-refractivity contribution in [2.45, 2.75) is 75.5 Å². The Balaban J connectivity index is 1.36. The first-order valence-corrected chi connectivity index (χ1v) is 12.3. The van der Waals surface area contributed by atoms with Crippen molar-refractivity contribution in [3.8, 4) is 11.3 Å². The second-order valence-corrected chi connectivity index (χ2v) is 10.5. The van der Waals surface area contributed by atoms with Gasteiger partial charge in [-0.05, 0) is 32.4 Å². The Labute approximate surface area is 209 Å². The Morgan fingerprint density at radius 1 is 1.25 bits per heavy atom. The van der Waals surface area contributed by atoms with Crippen LogP contribution in [0.3, 0.4) is 0 Å². The van der Waals surface area contributed by atoms with Gasteiger partial charge in [0.15, 0.2) is 12.1 Å². The summed E-state index contributed by atoms with van der Waals surface area (Å²) in [5.41, 5.74) is 1.31. The molecule has 4 heterocycles. The number of hydrogen-bond acceptors (Lipinski definition) is 7. The monoisotopic (exact) mass is 523 g/mol. The zero-order chi connectivity index (χ0) is 25.4. The number of aliphatic hydroxyl groups is 1. The van der Waals surface area contributed by atoms with Crippen molar-refractivity contribution >= 4 is 28.6 Å². The summed E-state index contributed by atoms with van der Waals surface area (Å²) < 4.78 is 55.2. The summed E-state index contributed by atoms with van der Waals surface area (Å²) in [6.45, 7) is 4.22. The molecule has 2 bridgehead atoms. The number of aromatic nitrogens is 4. The molecule has 0 amide bonds. The lowest BCUT2D eigenvalue weighted by molar-refractivity contribution is -0.156. The fraction of sp³-hybridized carbons (Fsp3) is 0.542. The molecule has 1 saturated carbocycles. The minimum atomic E-state index is -2.71. The van der Waals surface area contributed by atoms with E-state index in [1.54, 1.807) is 6.07 Å². The number of nitrogens with zero attached hydrogens (tertiary/aromatic N) is 4. The van der Waals surface area contributed by atoms with Crippen LogP contribution in [-0.2, 0) is 9.47 Å². The topological polar surface area (TPSA) is 94.3 Å². The van der Waals surface area contributed by atoms with Crippen LogP contribution in [0.2, 0.25) is 5.02 Å². The molecular formula is C24H25ClF3N5O3. The molecule has 1 aliphatic carbocycles. The van der Waals surface area contributed by atoms with Crippen molar-refractivity contribution in [1.29, 1.82) is 0 Å². The predicted octanol–water partition coefficient (Wildman–Crippen LogP) is 4.67. The predicted molar refractivity (Wildman–Crippen MR) is 126 cm³/mol. The van der Waals surface area contributed by atoms with Gasteiger partial charge in [-0.3, -0.25) is 0 Å². The van der Waals surface area contributed by atoms with E-state index in [2.05, 4.69) is 20.3 Å². The van der Waals surface area contributed by atoms with E-state index in [1.807, 2.05) is 18.4 Å². The smallest absolute Gasteiger partial charge is 0.249 e. The molecule has 4 atom stereocenters. The molecule has 0 unspecified atom stereocenters. The van der Waals surface area contributed by atoms with E-state index < -0.39 is 36.1 Å². The average molecular weight is 524 g/mol. The number of benzene rings is 1. The van der Waals surface area contributed by atoms with Crippen molar-refractivity contribution in [3.63, 3.8) is 0 Å². The van der Waals surface area contributed by atoms with Crippen molar-refractivity contribution in [1.82, 2.24) is 19.5 Å². The lowest BCUT2D eigenvalue weighted by atomic mass is 9.80. The summed E-state index contributed by atoms with van der Waals surface area (Å²) in [6.07, 6.45) is -0.406. The molecule has 2 aromatic heterocycles. The molecule has 6 rings (SSSR count). The number of hydrogen-bond donors (Lipinski definition) is 2. The van der Waals surface area contributed by atoms with E-state index in [1.165, 1.54) is 12.3 Å². The number of aliphatic hydroxyl groups excluding tert-OH is 1. The molecule has 2 N–H and O–H groups in total. The van der Waals surface area contributed by atoms with Crippen LogP contribution in [0.5, 0.6) is 0 Å². The normalized spacial score (nSPS) is 27.6. The van der Waals surface area contributed by atoms with Crippen LogP contribution in [-0.4, -0.2) is 61.7 Å². The number of imidazole rings is 1. The van der Waals surface area contributed by atoms with E-state index in [0.717, 1.165) is 0 Å². The zero-order valence-electron chi connectivity index (χ0n) is 19.6. The number of anilines is 1. The number of fused-ring (bicyclic) bond motifs is 3. The van der Waals surface area contributed by atoms with E-state index in [-0.39, 0.29) is 41.5 Å². The summed E-state index contributed by atoms with van der Waals surface area (Å²) in [5.74, 6) is -3.05. The standard InChI is InChI=1S/C24H25ClF3N5O3/c1-10(2)33-17-4-11(3-15(26)19(17)31-21(33)12-6-24(27,28)7-12)18-14(25)8-29-23(32-18)30-16-5-13-9-35-22(36-13)20(16)34/h3-4,8,10,12-13,16,20,22,34H,5-7,9H2,1-2H3,(H,29,30,32)/t13-,16+,20-,22+/m0/s1. The van der Waals surface area contributed by atoms with Gasteiger partial charge in [0.25, 0.3) is 0 Å². The van der Waals surface area contributed by atoms with Gasteiger partial charge in [-0.2, -0.15) is 0 Å². The second kappa shape index (κ2) is 8.54. The van der Waals surface area contributed by atoms with Gasteiger partial charge in [0.2, 0.25) is 11.9 Å². The highest BCUT2D eigenvalue weighted by atomic mass is 35.5. The Morgan fingerprint density at radius 2 is 2.03 bits per heavy atom. The van der Waals surface area contributed by atoms with Crippen LogP contribution >= 0.6 is 11.6 Å². The SMILES string of the molecule is CC(C)n1c(C2CC(F)(F)C2)nc2c(F)cc(-c3nc(N[C@@H]4C[C@H]5CO[C@H](O5)[C@H]4O)ncc3Cl)cc21. The molecule has 3 fully saturated rings. The number of rotatable bonds is 5. The molecule has 2 aliphatic heterocycles. The van der Waals surface area contributed by atoms with Crippen LogP contribution in [0, 0.1) is 5.82 Å². The third-order valence-electron chi connectivity index (χ3n) is 7.06. The van der Waals surface area contributed by atoms with Gasteiger partial charge in [0.1, 0.15) is 17.4 Å². The van der Waals surface area contributed by atoms with Crippen molar-refractivity contribution in [2.24, 2.45) is 0 Å². The maximum Gasteiger partial charge on any atom is 0.249 e. The first-order chi connectivity index (χ1) is 17.1. The van der Waals surface area contributed by atoms with Crippen molar-refractivity contribution in [2.75, 3.05) is 11.9 Å². The highest BCUT2D eigenvalue weighted by Crippen LogP contribution is 2.49. The summed E-state index contributed by atoms with van der Waals surface area (Å²) >= 11 is 6.41. The number of alkyl halides is 2. The van der Waals surface area contributed by atoms with Gasteiger partial charge in [0.05, 0.1) is 41.2 Å². The number of ether oxygens (including phenoxy) is 2. The van der Waals surface area contributed by atoms with Crippen molar-refractivity contribution < 1.29 is 27.8 Å². The lowest BCUT2D eigenvalue weighted by Crippen LogP contribution is -2.48. The minimum Gasteiger partial charge on any atom is -0.386 e. The molecule has 3 aliphatic rings.